The molecule has 1 aromatic heterocycles. The topological polar surface area (TPSA) is 55.4 Å². The summed E-state index contributed by atoms with van der Waals surface area (Å²) in [6.45, 7) is 3.25. The smallest absolute Gasteiger partial charge is 0.330 e. The molecule has 1 amide bonds. The molecule has 0 saturated heterocycles. The SMILES string of the molecule is COC(=O)C(C)(C)NC(=O)CCc1ccsc1. The van der Waals surface area contributed by atoms with Crippen molar-refractivity contribution in [1.29, 1.82) is 0 Å². The molecule has 5 heteroatoms. The average molecular weight is 255 g/mol. The molecule has 0 aromatic carbocycles. The fourth-order valence-electron chi connectivity index (χ4n) is 1.41. The van der Waals surface area contributed by atoms with Gasteiger partial charge in [0, 0.05) is 6.42 Å². The van der Waals surface area contributed by atoms with Crippen LogP contribution in [0.1, 0.15) is 25.8 Å². The number of methoxy groups -OCH3 is 1. The van der Waals surface area contributed by atoms with Gasteiger partial charge in [-0.2, -0.15) is 11.3 Å². The third-order valence-electron chi connectivity index (χ3n) is 2.37. The number of hydrogen-bond acceptors (Lipinski definition) is 4. The second-order valence-corrected chi connectivity index (χ2v) is 5.08. The van der Waals surface area contributed by atoms with Crippen molar-refractivity contribution >= 4 is 23.2 Å². The van der Waals surface area contributed by atoms with Crippen molar-refractivity contribution in [2.45, 2.75) is 32.2 Å². The van der Waals surface area contributed by atoms with Crippen LogP contribution in [0.5, 0.6) is 0 Å². The molecule has 1 N–H and O–H groups in total. The van der Waals surface area contributed by atoms with Crippen molar-refractivity contribution in [2.75, 3.05) is 7.11 Å². The molecule has 17 heavy (non-hydrogen) atoms. The molecule has 0 aliphatic rings. The maximum Gasteiger partial charge on any atom is 0.330 e. The Morgan fingerprint density at radius 2 is 2.18 bits per heavy atom. The van der Waals surface area contributed by atoms with Crippen LogP contribution in [0.2, 0.25) is 0 Å². The van der Waals surface area contributed by atoms with E-state index in [1.165, 1.54) is 7.11 Å². The van der Waals surface area contributed by atoms with Crippen molar-refractivity contribution < 1.29 is 14.3 Å². The van der Waals surface area contributed by atoms with Gasteiger partial charge >= 0.3 is 5.97 Å². The summed E-state index contributed by atoms with van der Waals surface area (Å²) >= 11 is 1.61. The number of nitrogens with one attached hydrogen (secondary N) is 1. The first-order valence-corrected chi connectivity index (χ1v) is 6.30. The molecule has 1 heterocycles. The molecule has 0 unspecified atom stereocenters. The van der Waals surface area contributed by atoms with Crippen molar-refractivity contribution in [3.05, 3.63) is 22.4 Å². The van der Waals surface area contributed by atoms with Gasteiger partial charge in [-0.1, -0.05) is 0 Å². The van der Waals surface area contributed by atoms with Crippen molar-refractivity contribution in [1.82, 2.24) is 5.32 Å². The minimum absolute atomic E-state index is 0.147. The van der Waals surface area contributed by atoms with Gasteiger partial charge in [-0.25, -0.2) is 4.79 Å². The Hall–Kier alpha value is -1.36. The molecule has 94 valence electrons. The minimum atomic E-state index is -0.972. The lowest BCUT2D eigenvalue weighted by Gasteiger charge is -2.22. The van der Waals surface area contributed by atoms with Crippen LogP contribution in [0.15, 0.2) is 16.8 Å². The predicted molar refractivity (Wildman–Crippen MR) is 66.9 cm³/mol. The summed E-state index contributed by atoms with van der Waals surface area (Å²) < 4.78 is 4.61. The molecule has 0 spiro atoms. The van der Waals surface area contributed by atoms with E-state index in [0.29, 0.717) is 12.8 Å². The van der Waals surface area contributed by atoms with E-state index in [9.17, 15) is 9.59 Å². The number of aryl methyl sites for hydroxylation is 1. The van der Waals surface area contributed by atoms with Crippen LogP contribution in [-0.2, 0) is 20.7 Å². The van der Waals surface area contributed by atoms with Gasteiger partial charge in [0.1, 0.15) is 5.54 Å². The van der Waals surface area contributed by atoms with Gasteiger partial charge in [-0.15, -0.1) is 0 Å². The zero-order valence-corrected chi connectivity index (χ0v) is 11.1. The van der Waals surface area contributed by atoms with E-state index < -0.39 is 11.5 Å². The molecule has 0 aliphatic heterocycles. The summed E-state index contributed by atoms with van der Waals surface area (Å²) in [5.41, 5.74) is 0.168. The summed E-state index contributed by atoms with van der Waals surface area (Å²) in [5.74, 6) is -0.590. The number of esters is 1. The molecular formula is C12H17NO3S. The van der Waals surface area contributed by atoms with E-state index in [2.05, 4.69) is 10.1 Å². The Morgan fingerprint density at radius 3 is 2.71 bits per heavy atom. The normalized spacial score (nSPS) is 11.0. The Morgan fingerprint density at radius 1 is 1.47 bits per heavy atom. The number of carbonyl (C=O) groups excluding carboxylic acids is 2. The summed E-state index contributed by atoms with van der Waals surface area (Å²) in [5, 5.41) is 6.65. The minimum Gasteiger partial charge on any atom is -0.467 e. The first kappa shape index (κ1) is 13.7. The van der Waals surface area contributed by atoms with Crippen molar-refractivity contribution in [3.63, 3.8) is 0 Å². The number of amides is 1. The van der Waals surface area contributed by atoms with Crippen LogP contribution in [0.4, 0.5) is 0 Å². The molecule has 0 atom stereocenters. The highest BCUT2D eigenvalue weighted by molar-refractivity contribution is 7.07. The van der Waals surface area contributed by atoms with Crippen molar-refractivity contribution in [3.8, 4) is 0 Å². The lowest BCUT2D eigenvalue weighted by molar-refractivity contribution is -0.149. The van der Waals surface area contributed by atoms with Gasteiger partial charge in [0.2, 0.25) is 5.91 Å². The average Bonchev–Trinajstić information content (AvgIpc) is 2.77. The van der Waals surface area contributed by atoms with Gasteiger partial charge < -0.3 is 10.1 Å². The third-order valence-corrected chi connectivity index (χ3v) is 3.10. The monoisotopic (exact) mass is 255 g/mol. The van der Waals surface area contributed by atoms with Crippen LogP contribution in [0, 0.1) is 0 Å². The van der Waals surface area contributed by atoms with E-state index in [-0.39, 0.29) is 5.91 Å². The van der Waals surface area contributed by atoms with Gasteiger partial charge in [0.05, 0.1) is 7.11 Å². The summed E-state index contributed by atoms with van der Waals surface area (Å²) in [4.78, 5) is 23.0. The first-order valence-electron chi connectivity index (χ1n) is 5.36. The quantitative estimate of drug-likeness (QED) is 0.815. The van der Waals surface area contributed by atoms with E-state index in [1.807, 2.05) is 16.8 Å². The number of rotatable bonds is 5. The number of thiophene rings is 1. The van der Waals surface area contributed by atoms with E-state index in [1.54, 1.807) is 25.2 Å². The lowest BCUT2D eigenvalue weighted by Crippen LogP contribution is -2.50. The fraction of sp³-hybridized carbons (Fsp3) is 0.500. The molecule has 4 nitrogen and oxygen atoms in total. The molecule has 0 aliphatic carbocycles. The highest BCUT2D eigenvalue weighted by Gasteiger charge is 2.30. The Labute approximate surface area is 105 Å². The molecule has 1 rings (SSSR count). The van der Waals surface area contributed by atoms with Crippen molar-refractivity contribution in [2.24, 2.45) is 0 Å². The van der Waals surface area contributed by atoms with E-state index >= 15 is 0 Å². The lowest BCUT2D eigenvalue weighted by atomic mass is 10.1. The first-order chi connectivity index (χ1) is 7.95. The van der Waals surface area contributed by atoms with Crippen LogP contribution >= 0.6 is 11.3 Å². The summed E-state index contributed by atoms with van der Waals surface area (Å²) in [7, 11) is 1.31. The second-order valence-electron chi connectivity index (χ2n) is 4.30. The maximum atomic E-state index is 11.7. The fourth-order valence-corrected chi connectivity index (χ4v) is 2.11. The zero-order chi connectivity index (χ0) is 12.9. The zero-order valence-electron chi connectivity index (χ0n) is 10.3. The highest BCUT2D eigenvalue weighted by Crippen LogP contribution is 2.10. The van der Waals surface area contributed by atoms with E-state index in [0.717, 1.165) is 5.56 Å². The van der Waals surface area contributed by atoms with Gasteiger partial charge in [-0.3, -0.25) is 4.79 Å². The molecule has 0 saturated carbocycles. The maximum absolute atomic E-state index is 11.7. The standard InChI is InChI=1S/C12H17NO3S/c1-12(2,11(15)16-3)13-10(14)5-4-9-6-7-17-8-9/h6-8H,4-5H2,1-3H3,(H,13,14). The molecular weight excluding hydrogens is 238 g/mol. The Bertz CT molecular complexity index is 384. The molecule has 1 aromatic rings. The Kier molecular flexibility index (Phi) is 4.69. The molecule has 0 radical (unpaired) electrons. The second kappa shape index (κ2) is 5.82. The van der Waals surface area contributed by atoms with Gasteiger partial charge in [0.25, 0.3) is 0 Å². The number of ether oxygens (including phenoxy) is 1. The van der Waals surface area contributed by atoms with Crippen LogP contribution in [0.25, 0.3) is 0 Å². The molecule has 0 fully saturated rings. The summed E-state index contributed by atoms with van der Waals surface area (Å²) in [6, 6.07) is 1.99. The van der Waals surface area contributed by atoms with Crippen LogP contribution in [0.3, 0.4) is 0 Å². The molecule has 0 bridgehead atoms. The highest BCUT2D eigenvalue weighted by atomic mass is 32.1. The van der Waals surface area contributed by atoms with Gasteiger partial charge in [0.15, 0.2) is 0 Å². The number of hydrogen-bond donors (Lipinski definition) is 1. The Balaban J connectivity index is 2.41. The van der Waals surface area contributed by atoms with Gasteiger partial charge in [-0.05, 0) is 42.7 Å². The van der Waals surface area contributed by atoms with Crippen LogP contribution < -0.4 is 5.32 Å². The number of carbonyl (C=O) groups is 2. The largest absolute Gasteiger partial charge is 0.467 e. The van der Waals surface area contributed by atoms with Crippen LogP contribution in [-0.4, -0.2) is 24.5 Å². The predicted octanol–water partition coefficient (Wildman–Crippen LogP) is 1.75. The van der Waals surface area contributed by atoms with E-state index in [4.69, 9.17) is 0 Å². The summed E-state index contributed by atoms with van der Waals surface area (Å²) in [6.07, 6.45) is 1.06. The third kappa shape index (κ3) is 4.19.